The molecule has 108 valence electrons. The van der Waals surface area contributed by atoms with E-state index in [4.69, 9.17) is 15.9 Å². The van der Waals surface area contributed by atoms with Crippen LogP contribution in [0.25, 0.3) is 0 Å². The Morgan fingerprint density at radius 1 is 1.33 bits per heavy atom. The van der Waals surface area contributed by atoms with Crippen molar-refractivity contribution in [1.82, 2.24) is 4.98 Å². The number of nitrogens with zero attached hydrogens (tertiary/aromatic N) is 2. The van der Waals surface area contributed by atoms with E-state index >= 15 is 0 Å². The van der Waals surface area contributed by atoms with Crippen molar-refractivity contribution in [3.63, 3.8) is 0 Å². The molecule has 0 saturated heterocycles. The molecule has 2 aromatic rings. The van der Waals surface area contributed by atoms with Crippen molar-refractivity contribution in [2.45, 2.75) is 13.8 Å². The second-order valence-corrected chi connectivity index (χ2v) is 4.58. The molecule has 0 fully saturated rings. The van der Waals surface area contributed by atoms with E-state index in [-0.39, 0.29) is 23.2 Å². The van der Waals surface area contributed by atoms with Gasteiger partial charge in [-0.1, -0.05) is 6.07 Å². The SMILES string of the molecule is Cc1ccc([N+](=O)[O-])c(Oc2cc(C(=N)N)cc(C)n2)c1. The van der Waals surface area contributed by atoms with E-state index in [2.05, 4.69) is 4.98 Å². The topological polar surface area (TPSA) is 115 Å². The third-order valence-electron chi connectivity index (χ3n) is 2.77. The third kappa shape index (κ3) is 3.33. The lowest BCUT2D eigenvalue weighted by molar-refractivity contribution is -0.385. The van der Waals surface area contributed by atoms with E-state index in [0.717, 1.165) is 5.56 Å². The summed E-state index contributed by atoms with van der Waals surface area (Å²) in [4.78, 5) is 14.6. The standard InChI is InChI=1S/C14H14N4O3/c1-8-3-4-11(18(19)20)12(5-8)21-13-7-10(14(15)16)6-9(2)17-13/h3-7H,1-2H3,(H3,15,16). The van der Waals surface area contributed by atoms with Gasteiger partial charge in [-0.25, -0.2) is 4.98 Å². The molecular formula is C14H14N4O3. The first-order chi connectivity index (χ1) is 9.86. The minimum Gasteiger partial charge on any atom is -0.432 e. The Labute approximate surface area is 121 Å². The van der Waals surface area contributed by atoms with Crippen LogP contribution in [0, 0.1) is 29.4 Å². The van der Waals surface area contributed by atoms with Crippen molar-refractivity contribution in [1.29, 1.82) is 5.41 Å². The molecule has 0 spiro atoms. The Morgan fingerprint density at radius 3 is 2.67 bits per heavy atom. The maximum atomic E-state index is 11.0. The third-order valence-corrected chi connectivity index (χ3v) is 2.77. The van der Waals surface area contributed by atoms with Crippen LogP contribution in [0.5, 0.6) is 11.6 Å². The second kappa shape index (κ2) is 5.58. The molecule has 1 aromatic heterocycles. The Morgan fingerprint density at radius 2 is 2.05 bits per heavy atom. The lowest BCUT2D eigenvalue weighted by atomic mass is 10.2. The average Bonchev–Trinajstić information content (AvgIpc) is 2.37. The first kappa shape index (κ1) is 14.4. The minimum atomic E-state index is -0.517. The fourth-order valence-corrected chi connectivity index (χ4v) is 1.81. The van der Waals surface area contributed by atoms with Crippen LogP contribution >= 0.6 is 0 Å². The highest BCUT2D eigenvalue weighted by atomic mass is 16.6. The predicted octanol–water partition coefficient (Wildman–Crippen LogP) is 2.68. The second-order valence-electron chi connectivity index (χ2n) is 4.58. The maximum Gasteiger partial charge on any atom is 0.311 e. The van der Waals surface area contributed by atoms with Gasteiger partial charge in [-0.05, 0) is 31.5 Å². The molecule has 1 aromatic carbocycles. The van der Waals surface area contributed by atoms with E-state index in [0.29, 0.717) is 11.3 Å². The fourth-order valence-electron chi connectivity index (χ4n) is 1.81. The van der Waals surface area contributed by atoms with Crippen molar-refractivity contribution in [3.05, 3.63) is 57.3 Å². The van der Waals surface area contributed by atoms with Crippen LogP contribution in [0.15, 0.2) is 30.3 Å². The number of aromatic nitrogens is 1. The van der Waals surface area contributed by atoms with E-state index < -0.39 is 4.92 Å². The Hall–Kier alpha value is -2.96. The molecule has 0 amide bonds. The Balaban J connectivity index is 2.45. The molecule has 0 radical (unpaired) electrons. The van der Waals surface area contributed by atoms with Crippen LogP contribution in [0.3, 0.4) is 0 Å². The van der Waals surface area contributed by atoms with Gasteiger partial charge in [0.2, 0.25) is 11.6 Å². The van der Waals surface area contributed by atoms with Gasteiger partial charge in [0.15, 0.2) is 0 Å². The number of pyridine rings is 1. The van der Waals surface area contributed by atoms with Gasteiger partial charge in [-0.3, -0.25) is 15.5 Å². The number of nitrogens with two attached hydrogens (primary N) is 1. The summed E-state index contributed by atoms with van der Waals surface area (Å²) in [6, 6.07) is 7.69. The molecular weight excluding hydrogens is 272 g/mol. The molecule has 0 saturated carbocycles. The number of rotatable bonds is 4. The number of hydrogen-bond acceptors (Lipinski definition) is 5. The van der Waals surface area contributed by atoms with Crippen LogP contribution in [0.4, 0.5) is 5.69 Å². The zero-order chi connectivity index (χ0) is 15.6. The van der Waals surface area contributed by atoms with E-state index in [9.17, 15) is 10.1 Å². The average molecular weight is 286 g/mol. The fraction of sp³-hybridized carbons (Fsp3) is 0.143. The molecule has 0 aliphatic heterocycles. The summed E-state index contributed by atoms with van der Waals surface area (Å²) < 4.78 is 5.52. The summed E-state index contributed by atoms with van der Waals surface area (Å²) >= 11 is 0. The van der Waals surface area contributed by atoms with Crippen LogP contribution in [0.2, 0.25) is 0 Å². The molecule has 0 aliphatic carbocycles. The number of amidine groups is 1. The molecule has 2 rings (SSSR count). The van der Waals surface area contributed by atoms with Gasteiger partial charge in [0.25, 0.3) is 0 Å². The van der Waals surface area contributed by atoms with E-state index in [1.165, 1.54) is 12.1 Å². The molecule has 3 N–H and O–H groups in total. The normalized spacial score (nSPS) is 10.2. The van der Waals surface area contributed by atoms with Crippen LogP contribution < -0.4 is 10.5 Å². The highest BCUT2D eigenvalue weighted by molar-refractivity contribution is 5.95. The van der Waals surface area contributed by atoms with Crippen LogP contribution in [0.1, 0.15) is 16.8 Å². The van der Waals surface area contributed by atoms with E-state index in [1.54, 1.807) is 32.0 Å². The van der Waals surface area contributed by atoms with Crippen molar-refractivity contribution in [2.24, 2.45) is 5.73 Å². The van der Waals surface area contributed by atoms with Gasteiger partial charge in [0.05, 0.1) is 4.92 Å². The number of nitro benzene ring substituents is 1. The van der Waals surface area contributed by atoms with Crippen molar-refractivity contribution in [3.8, 4) is 11.6 Å². The zero-order valence-electron chi connectivity index (χ0n) is 11.6. The lowest BCUT2D eigenvalue weighted by Gasteiger charge is -2.08. The Kier molecular flexibility index (Phi) is 3.84. The monoisotopic (exact) mass is 286 g/mol. The summed E-state index contributed by atoms with van der Waals surface area (Å²) in [5.74, 6) is 0.144. The van der Waals surface area contributed by atoms with Gasteiger partial charge in [0.1, 0.15) is 5.84 Å². The number of aryl methyl sites for hydroxylation is 2. The van der Waals surface area contributed by atoms with Crippen LogP contribution in [-0.4, -0.2) is 15.7 Å². The van der Waals surface area contributed by atoms with Crippen LogP contribution in [-0.2, 0) is 0 Å². The highest BCUT2D eigenvalue weighted by Crippen LogP contribution is 2.31. The summed E-state index contributed by atoms with van der Waals surface area (Å²) in [6.45, 7) is 3.53. The van der Waals surface area contributed by atoms with Gasteiger partial charge in [0, 0.05) is 23.4 Å². The quantitative estimate of drug-likeness (QED) is 0.388. The van der Waals surface area contributed by atoms with Gasteiger partial charge in [-0.15, -0.1) is 0 Å². The lowest BCUT2D eigenvalue weighted by Crippen LogP contribution is -2.11. The molecule has 0 bridgehead atoms. The number of hydrogen-bond donors (Lipinski definition) is 2. The molecule has 21 heavy (non-hydrogen) atoms. The molecule has 7 heteroatoms. The number of nitrogens with one attached hydrogen (secondary N) is 1. The molecule has 1 heterocycles. The number of nitrogen functional groups attached to an aromatic ring is 1. The maximum absolute atomic E-state index is 11.0. The molecule has 0 unspecified atom stereocenters. The van der Waals surface area contributed by atoms with Gasteiger partial charge < -0.3 is 10.5 Å². The molecule has 0 aliphatic rings. The summed E-state index contributed by atoms with van der Waals surface area (Å²) in [5.41, 5.74) is 7.18. The van der Waals surface area contributed by atoms with Crippen molar-refractivity contribution in [2.75, 3.05) is 0 Å². The predicted molar refractivity (Wildman–Crippen MR) is 77.9 cm³/mol. The minimum absolute atomic E-state index is 0.104. The first-order valence-corrected chi connectivity index (χ1v) is 6.13. The first-order valence-electron chi connectivity index (χ1n) is 6.13. The van der Waals surface area contributed by atoms with Gasteiger partial charge in [-0.2, -0.15) is 0 Å². The number of benzene rings is 1. The number of ether oxygens (including phenoxy) is 1. The summed E-state index contributed by atoms with van der Waals surface area (Å²) in [5, 5.41) is 18.5. The largest absolute Gasteiger partial charge is 0.432 e. The van der Waals surface area contributed by atoms with Gasteiger partial charge >= 0.3 is 5.69 Å². The Bertz CT molecular complexity index is 728. The smallest absolute Gasteiger partial charge is 0.311 e. The number of nitro groups is 1. The summed E-state index contributed by atoms with van der Waals surface area (Å²) in [7, 11) is 0. The zero-order valence-corrected chi connectivity index (χ0v) is 11.6. The highest BCUT2D eigenvalue weighted by Gasteiger charge is 2.16. The van der Waals surface area contributed by atoms with Crippen molar-refractivity contribution >= 4 is 11.5 Å². The molecule has 0 atom stereocenters. The van der Waals surface area contributed by atoms with E-state index in [1.807, 2.05) is 0 Å². The summed E-state index contributed by atoms with van der Waals surface area (Å²) in [6.07, 6.45) is 0. The molecule has 7 nitrogen and oxygen atoms in total. The van der Waals surface area contributed by atoms with Crippen molar-refractivity contribution < 1.29 is 9.66 Å².